The van der Waals surface area contributed by atoms with Crippen molar-refractivity contribution >= 4 is 57.4 Å². The number of hydrogen-bond acceptors (Lipinski definition) is 11. The first-order chi connectivity index (χ1) is 22.1. The number of fused-ring (bicyclic) bond motifs is 2. The maximum absolute atomic E-state index is 12.4. The summed E-state index contributed by atoms with van der Waals surface area (Å²) in [6.07, 6.45) is -3.36. The number of amides is 1. The van der Waals surface area contributed by atoms with Crippen molar-refractivity contribution in [1.82, 2.24) is 14.9 Å². The minimum atomic E-state index is -1.18. The Kier molecular flexibility index (Phi) is 10.4. The average Bonchev–Trinajstić information content (AvgIpc) is 3.35. The Morgan fingerprint density at radius 1 is 0.870 bits per heavy atom. The molecule has 1 fully saturated rings. The number of nitrogens with one attached hydrogen (secondary N) is 1. The molecular formula is C33H35N3O9S. The van der Waals surface area contributed by atoms with Crippen molar-refractivity contribution in [1.29, 1.82) is 0 Å². The summed E-state index contributed by atoms with van der Waals surface area (Å²) in [6.45, 7) is 5.43. The van der Waals surface area contributed by atoms with Gasteiger partial charge in [-0.25, -0.2) is 4.98 Å². The van der Waals surface area contributed by atoms with Gasteiger partial charge in [-0.15, -0.1) is 0 Å². The highest BCUT2D eigenvalue weighted by molar-refractivity contribution is 7.99. The topological polar surface area (TPSA) is 144 Å². The highest BCUT2D eigenvalue weighted by Crippen LogP contribution is 2.37. The molecule has 0 bridgehead atoms. The van der Waals surface area contributed by atoms with Crippen molar-refractivity contribution in [2.75, 3.05) is 13.2 Å². The molecule has 1 aliphatic rings. The van der Waals surface area contributed by atoms with Crippen LogP contribution < -0.4 is 10.1 Å². The first-order valence-corrected chi connectivity index (χ1v) is 15.6. The van der Waals surface area contributed by atoms with Crippen LogP contribution in [-0.4, -0.2) is 76.4 Å². The zero-order valence-corrected chi connectivity index (χ0v) is 26.7. The first kappa shape index (κ1) is 32.8. The van der Waals surface area contributed by atoms with E-state index in [1.807, 2.05) is 71.3 Å². The molecule has 2 heterocycles. The minimum absolute atomic E-state index is 0.287. The van der Waals surface area contributed by atoms with Gasteiger partial charge < -0.3 is 33.6 Å². The van der Waals surface area contributed by atoms with Crippen molar-refractivity contribution < 1.29 is 42.9 Å². The third-order valence-electron chi connectivity index (χ3n) is 7.22. The van der Waals surface area contributed by atoms with Crippen LogP contribution in [0.25, 0.3) is 21.8 Å². The molecule has 0 saturated carbocycles. The summed E-state index contributed by atoms with van der Waals surface area (Å²) < 4.78 is 30.9. The molecule has 1 aromatic heterocycles. The minimum Gasteiger partial charge on any atom is -0.492 e. The number of thioether (sulfide) groups is 1. The summed E-state index contributed by atoms with van der Waals surface area (Å²) in [5.74, 6) is -1.59. The van der Waals surface area contributed by atoms with E-state index in [2.05, 4.69) is 5.32 Å². The molecule has 5 atom stereocenters. The highest BCUT2D eigenvalue weighted by atomic mass is 32.2. The smallest absolute Gasteiger partial charge is 0.303 e. The number of benzene rings is 3. The Morgan fingerprint density at radius 2 is 1.57 bits per heavy atom. The van der Waals surface area contributed by atoms with Crippen LogP contribution in [0.3, 0.4) is 0 Å². The van der Waals surface area contributed by atoms with E-state index in [0.29, 0.717) is 18.3 Å². The van der Waals surface area contributed by atoms with Crippen LogP contribution in [0.4, 0.5) is 0 Å². The number of imidazole rings is 1. The number of hydrogen-bond donors (Lipinski definition) is 1. The molecule has 0 aliphatic carbocycles. The zero-order chi connectivity index (χ0) is 32.8. The molecule has 0 spiro atoms. The number of esters is 3. The van der Waals surface area contributed by atoms with Gasteiger partial charge in [-0.3, -0.25) is 19.2 Å². The van der Waals surface area contributed by atoms with Gasteiger partial charge in [0.25, 0.3) is 0 Å². The van der Waals surface area contributed by atoms with Crippen LogP contribution in [0.15, 0.2) is 71.9 Å². The summed E-state index contributed by atoms with van der Waals surface area (Å²) in [4.78, 5) is 53.3. The Bertz CT molecular complexity index is 1740. The second kappa shape index (κ2) is 14.6. The van der Waals surface area contributed by atoms with Gasteiger partial charge in [0.05, 0.1) is 17.6 Å². The van der Waals surface area contributed by atoms with E-state index >= 15 is 0 Å². The molecular weight excluding hydrogens is 614 g/mol. The lowest BCUT2D eigenvalue weighted by Gasteiger charge is -2.44. The van der Waals surface area contributed by atoms with Gasteiger partial charge in [-0.2, -0.15) is 0 Å². The summed E-state index contributed by atoms with van der Waals surface area (Å²) in [6, 6.07) is 20.6. The molecule has 1 saturated heterocycles. The molecule has 13 heteroatoms. The van der Waals surface area contributed by atoms with Gasteiger partial charge in [0.2, 0.25) is 5.91 Å². The Morgan fingerprint density at radius 3 is 2.28 bits per heavy atom. The van der Waals surface area contributed by atoms with Gasteiger partial charge in [0.15, 0.2) is 17.4 Å². The first-order valence-electron chi connectivity index (χ1n) is 14.7. The standard InChI is InChI=1S/C33H35N3O9S/c1-19(37)34-29-31(44-22(4)40)30(43-21(3)39)28(18-42-20(2)38)45-32(29)46-33-35-26-11-7-8-12-27(26)36(33)15-16-41-25-14-13-23-9-5-6-10-24(23)17-25/h5-14,17,28-32H,15-16,18H2,1-4H3,(H,34,37). The Balaban J connectivity index is 1.45. The third kappa shape index (κ3) is 7.96. The molecule has 1 amide bonds. The fraction of sp³-hybridized carbons (Fsp3) is 0.364. The monoisotopic (exact) mass is 649 g/mol. The van der Waals surface area contributed by atoms with Gasteiger partial charge >= 0.3 is 17.9 Å². The van der Waals surface area contributed by atoms with Crippen LogP contribution >= 0.6 is 11.8 Å². The van der Waals surface area contributed by atoms with Crippen molar-refractivity contribution in [2.45, 2.75) is 69.2 Å². The van der Waals surface area contributed by atoms with Gasteiger partial charge in [0, 0.05) is 27.7 Å². The lowest BCUT2D eigenvalue weighted by molar-refractivity contribution is -0.211. The lowest BCUT2D eigenvalue weighted by Crippen LogP contribution is -2.65. The largest absolute Gasteiger partial charge is 0.492 e. The number of nitrogens with zero attached hydrogens (tertiary/aromatic N) is 2. The normalized spacial score (nSPS) is 21.0. The second-order valence-corrected chi connectivity index (χ2v) is 11.8. The van der Waals surface area contributed by atoms with Crippen molar-refractivity contribution in [2.24, 2.45) is 0 Å². The SMILES string of the molecule is CC(=O)NC1C(Sc2nc3ccccc3n2CCOc2ccc3ccccc3c2)OC(COC(C)=O)C(OC(C)=O)C1OC(C)=O. The van der Waals surface area contributed by atoms with Crippen LogP contribution in [0, 0.1) is 0 Å². The molecule has 242 valence electrons. The number of carbonyl (C=O) groups is 4. The summed E-state index contributed by atoms with van der Waals surface area (Å²) in [7, 11) is 0. The summed E-state index contributed by atoms with van der Waals surface area (Å²) in [5, 5.41) is 5.54. The van der Waals surface area contributed by atoms with E-state index in [1.54, 1.807) is 0 Å². The van der Waals surface area contributed by atoms with E-state index in [9.17, 15) is 19.2 Å². The van der Waals surface area contributed by atoms with Crippen LogP contribution in [0.5, 0.6) is 5.75 Å². The number of aromatic nitrogens is 2. The van der Waals surface area contributed by atoms with E-state index in [4.69, 9.17) is 28.7 Å². The van der Waals surface area contributed by atoms with Crippen LogP contribution in [-0.2, 0) is 44.7 Å². The predicted molar refractivity (Wildman–Crippen MR) is 169 cm³/mol. The van der Waals surface area contributed by atoms with Crippen LogP contribution in [0.2, 0.25) is 0 Å². The van der Waals surface area contributed by atoms with E-state index in [0.717, 1.165) is 27.6 Å². The molecule has 1 N–H and O–H groups in total. The van der Waals surface area contributed by atoms with Gasteiger partial charge in [0.1, 0.15) is 36.5 Å². The number of ether oxygens (including phenoxy) is 5. The van der Waals surface area contributed by atoms with Gasteiger partial charge in [-0.05, 0) is 35.0 Å². The molecule has 1 aliphatic heterocycles. The highest BCUT2D eigenvalue weighted by Gasteiger charge is 2.51. The zero-order valence-electron chi connectivity index (χ0n) is 25.8. The molecule has 12 nitrogen and oxygen atoms in total. The van der Waals surface area contributed by atoms with Gasteiger partial charge in [-0.1, -0.05) is 54.2 Å². The van der Waals surface area contributed by atoms with Crippen molar-refractivity contribution in [3.63, 3.8) is 0 Å². The fourth-order valence-electron chi connectivity index (χ4n) is 5.37. The molecule has 46 heavy (non-hydrogen) atoms. The summed E-state index contributed by atoms with van der Waals surface area (Å²) in [5.41, 5.74) is 0.677. The van der Waals surface area contributed by atoms with E-state index in [1.165, 1.54) is 39.5 Å². The molecule has 5 rings (SSSR count). The summed E-state index contributed by atoms with van der Waals surface area (Å²) >= 11 is 1.19. The Hall–Kier alpha value is -4.62. The quantitative estimate of drug-likeness (QED) is 0.186. The van der Waals surface area contributed by atoms with E-state index < -0.39 is 53.6 Å². The molecule has 3 aromatic carbocycles. The lowest BCUT2D eigenvalue weighted by atomic mass is 9.97. The number of rotatable bonds is 11. The molecule has 5 unspecified atom stereocenters. The van der Waals surface area contributed by atoms with Crippen LogP contribution in [0.1, 0.15) is 27.7 Å². The second-order valence-electron chi connectivity index (χ2n) is 10.7. The fourth-order valence-corrected chi connectivity index (χ4v) is 6.61. The molecule has 0 radical (unpaired) electrons. The molecule has 4 aromatic rings. The number of carbonyl (C=O) groups excluding carboxylic acids is 4. The van der Waals surface area contributed by atoms with Crippen molar-refractivity contribution in [3.8, 4) is 5.75 Å². The van der Waals surface area contributed by atoms with E-state index in [-0.39, 0.29) is 6.61 Å². The van der Waals surface area contributed by atoms with Crippen molar-refractivity contribution in [3.05, 3.63) is 66.7 Å². The number of para-hydroxylation sites is 2. The average molecular weight is 650 g/mol. The Labute approximate surface area is 269 Å². The maximum atomic E-state index is 12.4. The third-order valence-corrected chi connectivity index (χ3v) is 8.38. The predicted octanol–water partition coefficient (Wildman–Crippen LogP) is 4.02. The maximum Gasteiger partial charge on any atom is 0.303 e.